The summed E-state index contributed by atoms with van der Waals surface area (Å²) in [6.07, 6.45) is 0. The van der Waals surface area contributed by atoms with Gasteiger partial charge in [0.05, 0.1) is 11.8 Å². The van der Waals surface area contributed by atoms with Crippen LogP contribution in [0.25, 0.3) is 0 Å². The number of primary amides is 1. The minimum Gasteiger partial charge on any atom is -0.368 e. The summed E-state index contributed by atoms with van der Waals surface area (Å²) in [4.78, 5) is 10.8. The molecule has 0 bridgehead atoms. The van der Waals surface area contributed by atoms with Crippen LogP contribution in [0.2, 0.25) is 0 Å². The molecular formula is C10H10N2O3S. The van der Waals surface area contributed by atoms with Gasteiger partial charge in [-0.1, -0.05) is 30.3 Å². The lowest BCUT2D eigenvalue weighted by molar-refractivity contribution is -0.116. The number of amides is 1. The van der Waals surface area contributed by atoms with E-state index in [-0.39, 0.29) is 5.75 Å². The summed E-state index contributed by atoms with van der Waals surface area (Å²) in [6.45, 7) is 0. The van der Waals surface area contributed by atoms with Crippen LogP contribution in [-0.4, -0.2) is 19.6 Å². The second-order valence-corrected chi connectivity index (χ2v) is 5.29. The summed E-state index contributed by atoms with van der Waals surface area (Å²) >= 11 is 0. The number of nitrogens with zero attached hydrogens (tertiary/aromatic N) is 1. The molecule has 1 atom stereocenters. The van der Waals surface area contributed by atoms with Crippen LogP contribution >= 0.6 is 0 Å². The first-order chi connectivity index (χ1) is 7.47. The van der Waals surface area contributed by atoms with Crippen molar-refractivity contribution in [1.82, 2.24) is 0 Å². The molecule has 0 fully saturated rings. The Balaban J connectivity index is 2.97. The van der Waals surface area contributed by atoms with Crippen LogP contribution in [0.5, 0.6) is 0 Å². The van der Waals surface area contributed by atoms with Crippen molar-refractivity contribution < 1.29 is 13.2 Å². The molecule has 1 amide bonds. The van der Waals surface area contributed by atoms with Crippen molar-refractivity contribution in [3.8, 4) is 6.07 Å². The zero-order chi connectivity index (χ0) is 12.2. The number of rotatable bonds is 4. The van der Waals surface area contributed by atoms with Gasteiger partial charge in [-0.05, 0) is 5.56 Å². The molecule has 1 unspecified atom stereocenters. The Bertz CT molecular complexity index is 517. The Kier molecular flexibility index (Phi) is 3.64. The van der Waals surface area contributed by atoms with Gasteiger partial charge in [0.1, 0.15) is 0 Å². The summed E-state index contributed by atoms with van der Waals surface area (Å²) in [5, 5.41) is 6.80. The van der Waals surface area contributed by atoms with Gasteiger partial charge in [0.15, 0.2) is 9.84 Å². The fourth-order valence-corrected chi connectivity index (χ4v) is 2.55. The number of nitrogens with two attached hydrogens (primary N) is 1. The largest absolute Gasteiger partial charge is 0.368 e. The highest BCUT2D eigenvalue weighted by atomic mass is 32.2. The third-order valence-corrected chi connectivity index (χ3v) is 3.74. The second-order valence-electron chi connectivity index (χ2n) is 3.20. The van der Waals surface area contributed by atoms with Crippen LogP contribution in [0.1, 0.15) is 5.56 Å². The molecule has 2 N–H and O–H groups in total. The molecule has 0 radical (unpaired) electrons. The predicted molar refractivity (Wildman–Crippen MR) is 57.7 cm³/mol. The van der Waals surface area contributed by atoms with Crippen molar-refractivity contribution in [2.45, 2.75) is 11.0 Å². The van der Waals surface area contributed by atoms with Crippen LogP contribution in [0.3, 0.4) is 0 Å². The van der Waals surface area contributed by atoms with E-state index in [0.29, 0.717) is 5.56 Å². The summed E-state index contributed by atoms with van der Waals surface area (Å²) in [5.74, 6) is -1.51. The summed E-state index contributed by atoms with van der Waals surface area (Å²) < 4.78 is 23.3. The van der Waals surface area contributed by atoms with Gasteiger partial charge in [-0.25, -0.2) is 8.42 Å². The number of nitriles is 1. The number of benzene rings is 1. The fourth-order valence-electron chi connectivity index (χ4n) is 1.21. The molecule has 0 saturated heterocycles. The monoisotopic (exact) mass is 238 g/mol. The first kappa shape index (κ1) is 12.2. The molecule has 0 aromatic heterocycles. The zero-order valence-corrected chi connectivity index (χ0v) is 9.15. The van der Waals surface area contributed by atoms with Crippen molar-refractivity contribution >= 4 is 15.7 Å². The molecule has 1 aromatic rings. The third kappa shape index (κ3) is 2.81. The molecule has 1 rings (SSSR count). The van der Waals surface area contributed by atoms with E-state index in [1.54, 1.807) is 30.3 Å². The molecule has 5 nitrogen and oxygen atoms in total. The normalized spacial score (nSPS) is 12.7. The molecule has 0 heterocycles. The quantitative estimate of drug-likeness (QED) is 0.796. The lowest BCUT2D eigenvalue weighted by atomic mass is 10.2. The first-order valence-corrected chi connectivity index (χ1v) is 6.13. The van der Waals surface area contributed by atoms with Crippen molar-refractivity contribution in [2.24, 2.45) is 5.73 Å². The van der Waals surface area contributed by atoms with E-state index in [2.05, 4.69) is 0 Å². The maximum Gasteiger partial charge on any atom is 0.250 e. The van der Waals surface area contributed by atoms with E-state index in [4.69, 9.17) is 11.0 Å². The Morgan fingerprint density at radius 2 is 1.94 bits per heavy atom. The van der Waals surface area contributed by atoms with E-state index in [1.165, 1.54) is 6.07 Å². The molecule has 0 aliphatic carbocycles. The third-order valence-electron chi connectivity index (χ3n) is 1.95. The highest BCUT2D eigenvalue weighted by Crippen LogP contribution is 2.10. The topological polar surface area (TPSA) is 101 Å². The minimum atomic E-state index is -3.86. The Morgan fingerprint density at radius 1 is 1.38 bits per heavy atom. The van der Waals surface area contributed by atoms with Gasteiger partial charge in [-0.15, -0.1) is 0 Å². The zero-order valence-electron chi connectivity index (χ0n) is 8.33. The van der Waals surface area contributed by atoms with Crippen LogP contribution in [0.15, 0.2) is 30.3 Å². The van der Waals surface area contributed by atoms with Crippen LogP contribution < -0.4 is 5.73 Å². The van der Waals surface area contributed by atoms with Gasteiger partial charge >= 0.3 is 0 Å². The van der Waals surface area contributed by atoms with E-state index in [0.717, 1.165) is 0 Å². The average Bonchev–Trinajstić information content (AvgIpc) is 2.18. The van der Waals surface area contributed by atoms with Crippen molar-refractivity contribution in [3.05, 3.63) is 35.9 Å². The van der Waals surface area contributed by atoms with Crippen LogP contribution in [0.4, 0.5) is 0 Å². The van der Waals surface area contributed by atoms with Gasteiger partial charge in [0.25, 0.3) is 0 Å². The highest BCUT2D eigenvalue weighted by molar-refractivity contribution is 7.92. The molecule has 0 aliphatic rings. The summed E-state index contributed by atoms with van der Waals surface area (Å²) in [7, 11) is -3.86. The number of hydrogen-bond donors (Lipinski definition) is 1. The van der Waals surface area contributed by atoms with Crippen LogP contribution in [-0.2, 0) is 20.4 Å². The number of carbonyl (C=O) groups excluding carboxylic acids is 1. The van der Waals surface area contributed by atoms with Gasteiger partial charge in [0, 0.05) is 0 Å². The summed E-state index contributed by atoms with van der Waals surface area (Å²) in [5.41, 5.74) is 5.36. The van der Waals surface area contributed by atoms with Crippen molar-refractivity contribution in [1.29, 1.82) is 5.26 Å². The Labute approximate surface area is 93.4 Å². The smallest absolute Gasteiger partial charge is 0.250 e. The van der Waals surface area contributed by atoms with Gasteiger partial charge in [-0.3, -0.25) is 4.79 Å². The lowest BCUT2D eigenvalue weighted by Crippen LogP contribution is -2.35. The van der Waals surface area contributed by atoms with E-state index in [9.17, 15) is 13.2 Å². The second kappa shape index (κ2) is 4.77. The Morgan fingerprint density at radius 3 is 2.38 bits per heavy atom. The van der Waals surface area contributed by atoms with Crippen molar-refractivity contribution in [3.63, 3.8) is 0 Å². The summed E-state index contributed by atoms with van der Waals surface area (Å²) in [6, 6.07) is 9.70. The molecular weight excluding hydrogens is 228 g/mol. The standard InChI is InChI=1S/C10H10N2O3S/c11-6-9(10(12)13)16(14,15)7-8-4-2-1-3-5-8/h1-5,9H,7H2,(H2,12,13). The van der Waals surface area contributed by atoms with Gasteiger partial charge in [0.2, 0.25) is 11.2 Å². The molecule has 84 valence electrons. The molecule has 0 spiro atoms. The molecule has 16 heavy (non-hydrogen) atoms. The maximum absolute atomic E-state index is 11.6. The van der Waals surface area contributed by atoms with E-state index in [1.807, 2.05) is 0 Å². The number of carbonyl (C=O) groups is 1. The first-order valence-electron chi connectivity index (χ1n) is 4.42. The van der Waals surface area contributed by atoms with E-state index >= 15 is 0 Å². The van der Waals surface area contributed by atoms with Gasteiger partial charge in [-0.2, -0.15) is 5.26 Å². The molecule has 6 heteroatoms. The minimum absolute atomic E-state index is 0.366. The van der Waals surface area contributed by atoms with Gasteiger partial charge < -0.3 is 5.73 Å². The SMILES string of the molecule is N#CC(C(N)=O)S(=O)(=O)Cc1ccccc1. The molecule has 0 aliphatic heterocycles. The molecule has 0 saturated carbocycles. The van der Waals surface area contributed by atoms with E-state index < -0.39 is 21.0 Å². The average molecular weight is 238 g/mol. The predicted octanol–water partition coefficient (Wildman–Crippen LogP) is -0.0211. The lowest BCUT2D eigenvalue weighted by Gasteiger charge is -2.06. The maximum atomic E-state index is 11.6. The molecule has 1 aromatic carbocycles. The van der Waals surface area contributed by atoms with Crippen LogP contribution in [0, 0.1) is 11.3 Å². The number of sulfone groups is 1. The number of hydrogen-bond acceptors (Lipinski definition) is 4. The van der Waals surface area contributed by atoms with Crippen molar-refractivity contribution in [2.75, 3.05) is 0 Å². The highest BCUT2D eigenvalue weighted by Gasteiger charge is 2.30. The Hall–Kier alpha value is -1.87. The fraction of sp³-hybridized carbons (Fsp3) is 0.200.